The summed E-state index contributed by atoms with van der Waals surface area (Å²) in [5, 5.41) is 10.3. The Morgan fingerprint density at radius 3 is 3.03 bits per heavy atom. The minimum Gasteiger partial charge on any atom is -0.494 e. The second kappa shape index (κ2) is 8.71. The highest BCUT2D eigenvalue weighted by Gasteiger charge is 2.15. The highest BCUT2D eigenvalue weighted by Crippen LogP contribution is 2.19. The van der Waals surface area contributed by atoms with Gasteiger partial charge in [-0.2, -0.15) is 5.10 Å². The normalized spacial score (nSPS) is 13.0. The molecule has 2 N–H and O–H groups in total. The molecule has 1 amide bonds. The van der Waals surface area contributed by atoms with E-state index in [2.05, 4.69) is 33.9 Å². The van der Waals surface area contributed by atoms with Crippen molar-refractivity contribution >= 4 is 19.2 Å². The molecule has 1 aliphatic heterocycles. The van der Waals surface area contributed by atoms with Crippen molar-refractivity contribution in [1.29, 1.82) is 0 Å². The fourth-order valence-electron chi connectivity index (χ4n) is 3.61. The number of nitrogens with zero attached hydrogens (tertiary/aromatic N) is 2. The number of carbonyl (C=O) groups excluding carboxylic acids is 1. The van der Waals surface area contributed by atoms with Crippen molar-refractivity contribution in [2.75, 3.05) is 13.7 Å². The van der Waals surface area contributed by atoms with Gasteiger partial charge >= 0.3 is 0 Å². The number of rotatable bonds is 6. The third kappa shape index (κ3) is 4.23. The van der Waals surface area contributed by atoms with Crippen molar-refractivity contribution in [2.45, 2.75) is 26.1 Å². The second-order valence-corrected chi connectivity index (χ2v) is 7.29. The Morgan fingerprint density at radius 1 is 1.33 bits per heavy atom. The molecule has 0 bridgehead atoms. The molecule has 8 heteroatoms. The molecule has 2 radical (unpaired) electrons. The van der Waals surface area contributed by atoms with Crippen molar-refractivity contribution in [3.8, 4) is 5.75 Å². The van der Waals surface area contributed by atoms with Crippen LogP contribution in [0.2, 0.25) is 0 Å². The summed E-state index contributed by atoms with van der Waals surface area (Å²) in [6, 6.07) is 9.43. The van der Waals surface area contributed by atoms with Gasteiger partial charge in [-0.25, -0.2) is 4.39 Å². The average Bonchev–Trinajstić information content (AvgIpc) is 3.22. The maximum Gasteiger partial charge on any atom is 0.254 e. The molecule has 0 saturated carbocycles. The zero-order valence-corrected chi connectivity index (χ0v) is 16.7. The van der Waals surface area contributed by atoms with E-state index < -0.39 is 5.82 Å². The Labute approximate surface area is 175 Å². The van der Waals surface area contributed by atoms with E-state index in [1.165, 1.54) is 30.5 Å². The van der Waals surface area contributed by atoms with E-state index in [0.29, 0.717) is 12.1 Å². The van der Waals surface area contributed by atoms with Crippen molar-refractivity contribution < 1.29 is 13.9 Å². The van der Waals surface area contributed by atoms with Crippen LogP contribution in [0.4, 0.5) is 4.39 Å². The predicted octanol–water partition coefficient (Wildman–Crippen LogP) is 1.45. The average molecular weight is 404 g/mol. The number of fused-ring (bicyclic) bond motifs is 1. The highest BCUT2D eigenvalue weighted by molar-refractivity contribution is 6.33. The summed E-state index contributed by atoms with van der Waals surface area (Å²) >= 11 is 0. The van der Waals surface area contributed by atoms with Gasteiger partial charge in [0.25, 0.3) is 5.91 Å². The Kier molecular flexibility index (Phi) is 5.85. The van der Waals surface area contributed by atoms with Gasteiger partial charge in [0.1, 0.15) is 7.85 Å². The van der Waals surface area contributed by atoms with Crippen molar-refractivity contribution in [3.05, 3.63) is 76.4 Å². The molecule has 2 aromatic carbocycles. The molecule has 1 aliphatic rings. The molecule has 0 saturated heterocycles. The van der Waals surface area contributed by atoms with Gasteiger partial charge in [0.2, 0.25) is 0 Å². The molecule has 30 heavy (non-hydrogen) atoms. The lowest BCUT2D eigenvalue weighted by atomic mass is 9.90. The molecule has 0 fully saturated rings. The summed E-state index contributed by atoms with van der Waals surface area (Å²) in [6.07, 6.45) is 4.20. The largest absolute Gasteiger partial charge is 0.494 e. The third-order valence-electron chi connectivity index (χ3n) is 5.29. The van der Waals surface area contributed by atoms with Gasteiger partial charge in [0.05, 0.1) is 25.4 Å². The summed E-state index contributed by atoms with van der Waals surface area (Å²) < 4.78 is 21.1. The zero-order chi connectivity index (χ0) is 21.1. The number of benzene rings is 2. The minimum atomic E-state index is -0.573. The molecule has 3 aromatic rings. The standard InChI is InChI=1S/C22H22BFN4O2/c1-30-20-5-4-19(23)18(21(20)24)11-26-22(29)17-10-27-28(13-17)12-14-2-3-16-9-25-7-6-15(16)8-14/h2-5,8,10,13,25H,6-7,9,11-12H2,1H3,(H,26,29). The van der Waals surface area contributed by atoms with Crippen LogP contribution in [-0.4, -0.2) is 37.2 Å². The fraction of sp³-hybridized carbons (Fsp3) is 0.273. The first-order valence-corrected chi connectivity index (χ1v) is 9.78. The number of hydrogen-bond acceptors (Lipinski definition) is 4. The zero-order valence-electron chi connectivity index (χ0n) is 16.7. The van der Waals surface area contributed by atoms with E-state index in [4.69, 9.17) is 12.6 Å². The summed E-state index contributed by atoms with van der Waals surface area (Å²) in [5.41, 5.74) is 4.67. The van der Waals surface area contributed by atoms with Crippen LogP contribution in [0.3, 0.4) is 0 Å². The summed E-state index contributed by atoms with van der Waals surface area (Å²) in [6.45, 7) is 2.42. The van der Waals surface area contributed by atoms with Crippen LogP contribution >= 0.6 is 0 Å². The molecule has 0 spiro atoms. The van der Waals surface area contributed by atoms with Gasteiger partial charge in [-0.05, 0) is 35.7 Å². The Bertz CT molecular complexity index is 1080. The number of methoxy groups -OCH3 is 1. The van der Waals surface area contributed by atoms with Gasteiger partial charge in [0, 0.05) is 24.8 Å². The number of halogens is 1. The first-order chi connectivity index (χ1) is 14.5. The summed E-state index contributed by atoms with van der Waals surface area (Å²) in [5.74, 6) is -0.836. The lowest BCUT2D eigenvalue weighted by molar-refractivity contribution is 0.0950. The number of nitrogens with one attached hydrogen (secondary N) is 2. The lowest BCUT2D eigenvalue weighted by Gasteiger charge is -2.17. The maximum absolute atomic E-state index is 14.4. The third-order valence-corrected chi connectivity index (χ3v) is 5.29. The number of hydrogen-bond donors (Lipinski definition) is 2. The summed E-state index contributed by atoms with van der Waals surface area (Å²) in [7, 11) is 7.22. The SMILES string of the molecule is [B]c1ccc(OC)c(F)c1CNC(=O)c1cnn(Cc2ccc3c(c2)CCNC3)c1. The van der Waals surface area contributed by atoms with Gasteiger partial charge in [-0.1, -0.05) is 29.7 Å². The fourth-order valence-corrected chi connectivity index (χ4v) is 3.61. The van der Waals surface area contributed by atoms with Crippen LogP contribution < -0.4 is 20.8 Å². The maximum atomic E-state index is 14.4. The van der Waals surface area contributed by atoms with E-state index >= 15 is 0 Å². The first kappa shape index (κ1) is 20.2. The van der Waals surface area contributed by atoms with Crippen molar-refractivity contribution in [1.82, 2.24) is 20.4 Å². The molecule has 0 atom stereocenters. The predicted molar refractivity (Wildman–Crippen MR) is 113 cm³/mol. The van der Waals surface area contributed by atoms with Gasteiger partial charge < -0.3 is 15.4 Å². The quantitative estimate of drug-likeness (QED) is 0.611. The first-order valence-electron chi connectivity index (χ1n) is 9.78. The molecule has 1 aromatic heterocycles. The smallest absolute Gasteiger partial charge is 0.254 e. The molecular weight excluding hydrogens is 382 g/mol. The monoisotopic (exact) mass is 404 g/mol. The molecule has 2 heterocycles. The minimum absolute atomic E-state index is 0.0439. The van der Waals surface area contributed by atoms with Crippen molar-refractivity contribution in [2.24, 2.45) is 0 Å². The Morgan fingerprint density at radius 2 is 2.20 bits per heavy atom. The van der Waals surface area contributed by atoms with Crippen LogP contribution in [0.25, 0.3) is 0 Å². The number of ether oxygens (including phenoxy) is 1. The summed E-state index contributed by atoms with van der Waals surface area (Å²) in [4.78, 5) is 12.5. The van der Waals surface area contributed by atoms with E-state index in [0.717, 1.165) is 25.1 Å². The van der Waals surface area contributed by atoms with Crippen molar-refractivity contribution in [3.63, 3.8) is 0 Å². The number of carbonyl (C=O) groups is 1. The molecule has 4 rings (SSSR count). The Balaban J connectivity index is 1.41. The van der Waals surface area contributed by atoms with E-state index in [9.17, 15) is 9.18 Å². The van der Waals surface area contributed by atoms with Crippen LogP contribution in [0, 0.1) is 5.82 Å². The molecule has 0 aliphatic carbocycles. The number of amides is 1. The lowest BCUT2D eigenvalue weighted by Crippen LogP contribution is -2.27. The van der Waals surface area contributed by atoms with Crippen LogP contribution in [0.1, 0.15) is 32.6 Å². The number of aromatic nitrogens is 2. The second-order valence-electron chi connectivity index (χ2n) is 7.29. The molecule has 152 valence electrons. The molecule has 6 nitrogen and oxygen atoms in total. The van der Waals surface area contributed by atoms with E-state index in [1.807, 2.05) is 0 Å². The topological polar surface area (TPSA) is 68.2 Å². The van der Waals surface area contributed by atoms with Crippen LogP contribution in [-0.2, 0) is 26.1 Å². The molecule has 0 unspecified atom stereocenters. The van der Waals surface area contributed by atoms with Crippen LogP contribution in [0.15, 0.2) is 42.7 Å². The van der Waals surface area contributed by atoms with Gasteiger partial charge in [0.15, 0.2) is 11.6 Å². The van der Waals surface area contributed by atoms with E-state index in [1.54, 1.807) is 16.9 Å². The van der Waals surface area contributed by atoms with Gasteiger partial charge in [-0.15, -0.1) is 0 Å². The van der Waals surface area contributed by atoms with Crippen LogP contribution in [0.5, 0.6) is 5.75 Å². The Hall–Kier alpha value is -3.13. The van der Waals surface area contributed by atoms with Gasteiger partial charge in [-0.3, -0.25) is 9.48 Å². The molecular formula is C22H22BFN4O2. The van der Waals surface area contributed by atoms with E-state index in [-0.39, 0.29) is 29.2 Å². The highest BCUT2D eigenvalue weighted by atomic mass is 19.1.